The lowest BCUT2D eigenvalue weighted by molar-refractivity contribution is -0.118. The molecule has 1 amide bonds. The molecule has 10 heteroatoms. The van der Waals surface area contributed by atoms with Crippen molar-refractivity contribution in [3.05, 3.63) is 88.6 Å². The molecule has 164 valence electrons. The fourth-order valence-electron chi connectivity index (χ4n) is 3.09. The fraction of sp³-hybridized carbons (Fsp3) is 0.182. The van der Waals surface area contributed by atoms with Crippen LogP contribution in [0.15, 0.2) is 70.7 Å². The van der Waals surface area contributed by atoms with Gasteiger partial charge in [0.2, 0.25) is 5.91 Å². The van der Waals surface area contributed by atoms with Gasteiger partial charge in [-0.05, 0) is 42.0 Å². The van der Waals surface area contributed by atoms with E-state index in [0.717, 1.165) is 10.5 Å². The monoisotopic (exact) mass is 455 g/mol. The summed E-state index contributed by atoms with van der Waals surface area (Å²) in [6, 6.07) is 11.9. The molecule has 32 heavy (non-hydrogen) atoms. The summed E-state index contributed by atoms with van der Waals surface area (Å²) in [7, 11) is 0. The molecule has 0 atom stereocenters. The van der Waals surface area contributed by atoms with Gasteiger partial charge in [-0.3, -0.25) is 14.2 Å². The van der Waals surface area contributed by atoms with E-state index in [-0.39, 0.29) is 35.4 Å². The van der Waals surface area contributed by atoms with Gasteiger partial charge in [-0.2, -0.15) is 5.10 Å². The first-order valence-electron chi connectivity index (χ1n) is 9.80. The van der Waals surface area contributed by atoms with Crippen LogP contribution in [0, 0.1) is 11.6 Å². The number of rotatable bonds is 8. The molecule has 0 unspecified atom stereocenters. The first kappa shape index (κ1) is 21.7. The van der Waals surface area contributed by atoms with Gasteiger partial charge in [-0.1, -0.05) is 12.1 Å². The smallest absolute Gasteiger partial charge is 0.264 e. The number of carbonyl (C=O) groups excluding carboxylic acids is 1. The Kier molecular flexibility index (Phi) is 6.60. The van der Waals surface area contributed by atoms with Gasteiger partial charge in [0.15, 0.2) is 5.65 Å². The van der Waals surface area contributed by atoms with E-state index in [1.54, 1.807) is 28.9 Å². The number of aromatic nitrogens is 4. The van der Waals surface area contributed by atoms with Crippen molar-refractivity contribution in [1.29, 1.82) is 0 Å². The first-order chi connectivity index (χ1) is 15.5. The van der Waals surface area contributed by atoms with Crippen molar-refractivity contribution in [3.63, 3.8) is 0 Å². The Morgan fingerprint density at radius 1 is 1.03 bits per heavy atom. The number of halogens is 2. The van der Waals surface area contributed by atoms with E-state index in [4.69, 9.17) is 0 Å². The molecule has 0 aliphatic heterocycles. The maximum absolute atomic E-state index is 13.1. The highest BCUT2D eigenvalue weighted by Gasteiger charge is 2.11. The third kappa shape index (κ3) is 5.20. The predicted octanol–water partition coefficient (Wildman–Crippen LogP) is 2.83. The van der Waals surface area contributed by atoms with Crippen LogP contribution in [0.3, 0.4) is 0 Å². The van der Waals surface area contributed by atoms with E-state index >= 15 is 0 Å². The van der Waals surface area contributed by atoms with Gasteiger partial charge < -0.3 is 5.32 Å². The van der Waals surface area contributed by atoms with Crippen LogP contribution in [-0.4, -0.2) is 37.5 Å². The van der Waals surface area contributed by atoms with Crippen molar-refractivity contribution < 1.29 is 13.6 Å². The zero-order valence-corrected chi connectivity index (χ0v) is 17.7. The maximum Gasteiger partial charge on any atom is 0.264 e. The number of benzene rings is 2. The molecule has 4 aromatic rings. The van der Waals surface area contributed by atoms with Crippen molar-refractivity contribution in [2.24, 2.45) is 0 Å². The number of nitrogens with one attached hydrogen (secondary N) is 1. The molecule has 0 aliphatic carbocycles. The second-order valence-electron chi connectivity index (χ2n) is 7.00. The third-order valence-electron chi connectivity index (χ3n) is 4.72. The van der Waals surface area contributed by atoms with Crippen molar-refractivity contribution in [2.45, 2.75) is 18.0 Å². The van der Waals surface area contributed by atoms with Crippen molar-refractivity contribution >= 4 is 28.7 Å². The summed E-state index contributed by atoms with van der Waals surface area (Å²) in [4.78, 5) is 29.9. The lowest BCUT2D eigenvalue weighted by Gasteiger charge is -2.08. The Bertz CT molecular complexity index is 1290. The maximum atomic E-state index is 13.1. The lowest BCUT2D eigenvalue weighted by atomic mass is 10.2. The molecular formula is C22H19F2N5O2S. The van der Waals surface area contributed by atoms with Crippen molar-refractivity contribution in [3.8, 4) is 0 Å². The van der Waals surface area contributed by atoms with Gasteiger partial charge in [0.05, 0.1) is 25.0 Å². The van der Waals surface area contributed by atoms with E-state index < -0.39 is 0 Å². The second-order valence-corrected chi connectivity index (χ2v) is 8.05. The topological polar surface area (TPSA) is 81.8 Å². The Balaban J connectivity index is 1.34. The zero-order valence-electron chi connectivity index (χ0n) is 16.9. The summed E-state index contributed by atoms with van der Waals surface area (Å²) in [5.74, 6) is -0.610. The quantitative estimate of drug-likeness (QED) is 0.413. The fourth-order valence-corrected chi connectivity index (χ4v) is 3.82. The van der Waals surface area contributed by atoms with Crippen molar-refractivity contribution in [2.75, 3.05) is 12.3 Å². The normalized spacial score (nSPS) is 11.1. The van der Waals surface area contributed by atoms with Gasteiger partial charge in [0, 0.05) is 11.4 Å². The minimum absolute atomic E-state index is 0.162. The summed E-state index contributed by atoms with van der Waals surface area (Å²) < 4.78 is 29.0. The standard InChI is InChI=1S/C22H19F2N5O2S/c23-16-3-1-15(2-4-16)12-28-14-26-21-19(22(28)31)11-27-29(21)10-9-25-20(30)13-32-18-7-5-17(24)6-8-18/h1-8,11,14H,9-10,12-13H2,(H,25,30). The largest absolute Gasteiger partial charge is 0.354 e. The molecule has 0 fully saturated rings. The van der Waals surface area contributed by atoms with Crippen LogP contribution < -0.4 is 10.9 Å². The molecule has 0 saturated heterocycles. The van der Waals surface area contributed by atoms with Crippen LogP contribution in [0.4, 0.5) is 8.78 Å². The summed E-state index contributed by atoms with van der Waals surface area (Å²) in [6.45, 7) is 0.944. The van der Waals surface area contributed by atoms with Crippen LogP contribution >= 0.6 is 11.8 Å². The zero-order chi connectivity index (χ0) is 22.5. The molecule has 7 nitrogen and oxygen atoms in total. The highest BCUT2D eigenvalue weighted by atomic mass is 32.2. The summed E-state index contributed by atoms with van der Waals surface area (Å²) in [5, 5.41) is 7.38. The molecule has 2 heterocycles. The molecule has 2 aromatic heterocycles. The van der Waals surface area contributed by atoms with E-state index in [0.29, 0.717) is 24.1 Å². The molecule has 0 spiro atoms. The molecule has 0 aliphatic rings. The molecular weight excluding hydrogens is 436 g/mol. The lowest BCUT2D eigenvalue weighted by Crippen LogP contribution is -2.29. The Hall–Kier alpha value is -3.53. The molecule has 0 bridgehead atoms. The Labute approximate surface area is 186 Å². The summed E-state index contributed by atoms with van der Waals surface area (Å²) in [6.07, 6.45) is 2.89. The molecule has 1 N–H and O–H groups in total. The van der Waals surface area contributed by atoms with E-state index in [1.807, 2.05) is 0 Å². The van der Waals surface area contributed by atoms with Gasteiger partial charge >= 0.3 is 0 Å². The molecule has 0 radical (unpaired) electrons. The minimum atomic E-state index is -0.336. The van der Waals surface area contributed by atoms with E-state index in [1.165, 1.54) is 53.1 Å². The van der Waals surface area contributed by atoms with E-state index in [2.05, 4.69) is 15.4 Å². The second kappa shape index (κ2) is 9.73. The molecule has 2 aromatic carbocycles. The summed E-state index contributed by atoms with van der Waals surface area (Å²) >= 11 is 1.31. The number of thioether (sulfide) groups is 1. The average Bonchev–Trinajstić information content (AvgIpc) is 3.20. The van der Waals surface area contributed by atoms with Crippen LogP contribution in [0.25, 0.3) is 11.0 Å². The van der Waals surface area contributed by atoms with E-state index in [9.17, 15) is 18.4 Å². The highest BCUT2D eigenvalue weighted by Crippen LogP contribution is 2.17. The minimum Gasteiger partial charge on any atom is -0.354 e. The van der Waals surface area contributed by atoms with Crippen LogP contribution in [-0.2, 0) is 17.9 Å². The SMILES string of the molecule is O=C(CSc1ccc(F)cc1)NCCn1ncc2c(=O)n(Cc3ccc(F)cc3)cnc21. The Morgan fingerprint density at radius 3 is 2.44 bits per heavy atom. The van der Waals surface area contributed by atoms with Gasteiger partial charge in [0.1, 0.15) is 23.3 Å². The highest BCUT2D eigenvalue weighted by molar-refractivity contribution is 8.00. The van der Waals surface area contributed by atoms with Gasteiger partial charge in [-0.25, -0.2) is 18.4 Å². The van der Waals surface area contributed by atoms with Gasteiger partial charge in [0.25, 0.3) is 5.56 Å². The van der Waals surface area contributed by atoms with Crippen molar-refractivity contribution in [1.82, 2.24) is 24.6 Å². The van der Waals surface area contributed by atoms with Crippen LogP contribution in [0.2, 0.25) is 0 Å². The number of hydrogen-bond acceptors (Lipinski definition) is 5. The number of hydrogen-bond donors (Lipinski definition) is 1. The third-order valence-corrected chi connectivity index (χ3v) is 5.73. The number of fused-ring (bicyclic) bond motifs is 1. The molecule has 4 rings (SSSR count). The average molecular weight is 455 g/mol. The van der Waals surface area contributed by atoms with Gasteiger partial charge in [-0.15, -0.1) is 11.8 Å². The predicted molar refractivity (Wildman–Crippen MR) is 117 cm³/mol. The van der Waals surface area contributed by atoms with Crippen LogP contribution in [0.1, 0.15) is 5.56 Å². The number of nitrogens with zero attached hydrogens (tertiary/aromatic N) is 4. The first-order valence-corrected chi connectivity index (χ1v) is 10.8. The Morgan fingerprint density at radius 2 is 1.72 bits per heavy atom. The van der Waals surface area contributed by atoms with Crippen LogP contribution in [0.5, 0.6) is 0 Å². The molecule has 0 saturated carbocycles. The number of amides is 1. The summed E-state index contributed by atoms with van der Waals surface area (Å²) in [5.41, 5.74) is 0.967. The number of carbonyl (C=O) groups is 1.